The lowest BCUT2D eigenvalue weighted by atomic mass is 10.2. The van der Waals surface area contributed by atoms with Crippen LogP contribution in [-0.2, 0) is 18.3 Å². The molecule has 0 bridgehead atoms. The fourth-order valence-corrected chi connectivity index (χ4v) is 3.83. The highest BCUT2D eigenvalue weighted by Gasteiger charge is 2.18. The van der Waals surface area contributed by atoms with E-state index in [-0.39, 0.29) is 12.3 Å². The van der Waals surface area contributed by atoms with E-state index in [0.29, 0.717) is 5.69 Å². The molecule has 1 aromatic carbocycles. The molecule has 0 aliphatic heterocycles. The number of carbonyl (C=O) groups is 1. The van der Waals surface area contributed by atoms with Crippen LogP contribution in [0.5, 0.6) is 5.75 Å². The molecular formula is C18H17N5O2S. The summed E-state index contributed by atoms with van der Waals surface area (Å²) in [6.45, 7) is 0. The third kappa shape index (κ3) is 2.68. The molecule has 0 atom stereocenters. The average Bonchev–Trinajstić information content (AvgIpc) is 3.25. The summed E-state index contributed by atoms with van der Waals surface area (Å²) in [7, 11) is 5.18. The Hall–Kier alpha value is -3.00. The van der Waals surface area contributed by atoms with Crippen LogP contribution in [0.4, 0.5) is 0 Å². The molecule has 0 saturated carbocycles. The second kappa shape index (κ2) is 6.38. The summed E-state index contributed by atoms with van der Waals surface area (Å²) in [4.78, 5) is 26.5. The second-order valence-corrected chi connectivity index (χ2v) is 6.84. The summed E-state index contributed by atoms with van der Waals surface area (Å²) < 4.78 is 7.13. The Labute approximate surface area is 153 Å². The molecule has 1 amide bonds. The van der Waals surface area contributed by atoms with E-state index < -0.39 is 0 Å². The number of hydrogen-bond acceptors (Lipinski definition) is 6. The SMILES string of the molecule is CNC(=O)Cc1nc2sc(-c3ccc(OC)cc3)nc2c2c1ncn2C. The van der Waals surface area contributed by atoms with Crippen molar-refractivity contribution in [2.24, 2.45) is 7.05 Å². The van der Waals surface area contributed by atoms with Gasteiger partial charge in [0.1, 0.15) is 26.6 Å². The smallest absolute Gasteiger partial charge is 0.225 e. The van der Waals surface area contributed by atoms with Gasteiger partial charge in [0.05, 0.1) is 31.1 Å². The predicted octanol–water partition coefficient (Wildman–Crippen LogP) is 2.54. The third-order valence-electron chi connectivity index (χ3n) is 4.22. The van der Waals surface area contributed by atoms with Gasteiger partial charge in [-0.15, -0.1) is 0 Å². The van der Waals surface area contributed by atoms with Crippen LogP contribution < -0.4 is 10.1 Å². The summed E-state index contributed by atoms with van der Waals surface area (Å²) in [6, 6.07) is 7.77. The van der Waals surface area contributed by atoms with Crippen molar-refractivity contribution in [3.8, 4) is 16.3 Å². The standard InChI is InChI=1S/C18H17N5O2S/c1-19-13(24)8-12-14-16(23(2)9-20-14)15-18(21-12)26-17(22-15)10-4-6-11(25-3)7-5-10/h4-7,9H,8H2,1-3H3,(H,19,24). The van der Waals surface area contributed by atoms with Crippen molar-refractivity contribution in [3.05, 3.63) is 36.3 Å². The maximum Gasteiger partial charge on any atom is 0.225 e. The van der Waals surface area contributed by atoms with Crippen LogP contribution >= 0.6 is 11.3 Å². The van der Waals surface area contributed by atoms with Crippen molar-refractivity contribution in [1.29, 1.82) is 0 Å². The minimum atomic E-state index is -0.0938. The third-order valence-corrected chi connectivity index (χ3v) is 5.22. The number of ether oxygens (including phenoxy) is 1. The van der Waals surface area contributed by atoms with Crippen LogP contribution in [0.2, 0.25) is 0 Å². The first-order valence-electron chi connectivity index (χ1n) is 8.06. The highest BCUT2D eigenvalue weighted by Crippen LogP contribution is 2.34. The van der Waals surface area contributed by atoms with E-state index in [1.807, 2.05) is 35.9 Å². The lowest BCUT2D eigenvalue weighted by Gasteiger charge is -2.02. The first kappa shape index (κ1) is 16.5. The zero-order valence-corrected chi connectivity index (χ0v) is 15.4. The molecule has 3 aromatic heterocycles. The summed E-state index contributed by atoms with van der Waals surface area (Å²) in [5.41, 5.74) is 4.07. The fraction of sp³-hybridized carbons (Fsp3) is 0.222. The van der Waals surface area contributed by atoms with Crippen LogP contribution in [0.15, 0.2) is 30.6 Å². The van der Waals surface area contributed by atoms with Crippen LogP contribution in [-0.4, -0.2) is 39.6 Å². The van der Waals surface area contributed by atoms with Crippen LogP contribution in [0.1, 0.15) is 5.69 Å². The minimum Gasteiger partial charge on any atom is -0.497 e. The molecule has 0 aliphatic rings. The highest BCUT2D eigenvalue weighted by molar-refractivity contribution is 7.21. The van der Waals surface area contributed by atoms with Gasteiger partial charge in [-0.1, -0.05) is 11.3 Å². The molecule has 0 saturated heterocycles. The summed E-state index contributed by atoms with van der Waals surface area (Å²) in [5.74, 6) is 0.707. The van der Waals surface area contributed by atoms with Gasteiger partial charge in [-0.3, -0.25) is 4.79 Å². The Morgan fingerprint density at radius 3 is 2.69 bits per heavy atom. The van der Waals surface area contributed by atoms with Gasteiger partial charge in [0.2, 0.25) is 5.91 Å². The van der Waals surface area contributed by atoms with Crippen molar-refractivity contribution in [2.45, 2.75) is 6.42 Å². The molecule has 0 fully saturated rings. The number of fused-ring (bicyclic) bond motifs is 3. The van der Waals surface area contributed by atoms with E-state index in [0.717, 1.165) is 37.7 Å². The molecule has 8 heteroatoms. The minimum absolute atomic E-state index is 0.0938. The molecule has 4 aromatic rings. The van der Waals surface area contributed by atoms with E-state index in [1.165, 1.54) is 11.3 Å². The molecule has 1 N–H and O–H groups in total. The van der Waals surface area contributed by atoms with Crippen LogP contribution in [0, 0.1) is 0 Å². The number of carbonyl (C=O) groups excluding carboxylic acids is 1. The van der Waals surface area contributed by atoms with E-state index in [4.69, 9.17) is 9.72 Å². The van der Waals surface area contributed by atoms with Gasteiger partial charge in [-0.25, -0.2) is 15.0 Å². The Kier molecular flexibility index (Phi) is 4.04. The number of aryl methyl sites for hydroxylation is 1. The predicted molar refractivity (Wildman–Crippen MR) is 101 cm³/mol. The molecular weight excluding hydrogens is 350 g/mol. The maximum absolute atomic E-state index is 11.8. The second-order valence-electron chi connectivity index (χ2n) is 5.86. The average molecular weight is 367 g/mol. The molecule has 0 spiro atoms. The molecule has 7 nitrogen and oxygen atoms in total. The normalized spacial score (nSPS) is 11.2. The van der Waals surface area contributed by atoms with Gasteiger partial charge < -0.3 is 14.6 Å². The number of thiazole rings is 1. The van der Waals surface area contributed by atoms with Gasteiger partial charge in [0.15, 0.2) is 0 Å². The number of pyridine rings is 1. The van der Waals surface area contributed by atoms with Crippen LogP contribution in [0.3, 0.4) is 0 Å². The quantitative estimate of drug-likeness (QED) is 0.599. The van der Waals surface area contributed by atoms with Crippen molar-refractivity contribution < 1.29 is 9.53 Å². The number of benzene rings is 1. The number of nitrogens with zero attached hydrogens (tertiary/aromatic N) is 4. The molecule has 3 heterocycles. The number of methoxy groups -OCH3 is 1. The number of amides is 1. The summed E-state index contributed by atoms with van der Waals surface area (Å²) in [6.07, 6.45) is 1.92. The fourth-order valence-electron chi connectivity index (χ4n) is 2.86. The molecule has 0 radical (unpaired) electrons. The number of imidazole rings is 1. The maximum atomic E-state index is 11.8. The van der Waals surface area contributed by atoms with Crippen LogP contribution in [0.25, 0.3) is 32.0 Å². The Bertz CT molecular complexity index is 1110. The number of likely N-dealkylation sites (N-methyl/N-ethyl adjacent to an activating group) is 1. The van der Waals surface area contributed by atoms with Crippen molar-refractivity contribution in [3.63, 3.8) is 0 Å². The van der Waals surface area contributed by atoms with E-state index >= 15 is 0 Å². The van der Waals surface area contributed by atoms with Gasteiger partial charge >= 0.3 is 0 Å². The molecule has 0 aliphatic carbocycles. The number of hydrogen-bond donors (Lipinski definition) is 1. The molecule has 0 unspecified atom stereocenters. The van der Waals surface area contributed by atoms with E-state index in [9.17, 15) is 4.79 Å². The van der Waals surface area contributed by atoms with Gasteiger partial charge in [-0.2, -0.15) is 0 Å². The number of nitrogens with one attached hydrogen (secondary N) is 1. The largest absolute Gasteiger partial charge is 0.497 e. The Morgan fingerprint density at radius 1 is 1.23 bits per heavy atom. The van der Waals surface area contributed by atoms with Crippen molar-refractivity contribution >= 4 is 38.6 Å². The topological polar surface area (TPSA) is 81.9 Å². The van der Waals surface area contributed by atoms with Gasteiger partial charge in [-0.05, 0) is 24.3 Å². The van der Waals surface area contributed by atoms with Crippen molar-refractivity contribution in [2.75, 3.05) is 14.2 Å². The molecule has 4 rings (SSSR count). The highest BCUT2D eigenvalue weighted by atomic mass is 32.1. The number of aromatic nitrogens is 4. The lowest BCUT2D eigenvalue weighted by Crippen LogP contribution is -2.20. The zero-order valence-electron chi connectivity index (χ0n) is 14.6. The first-order chi connectivity index (χ1) is 12.6. The van der Waals surface area contributed by atoms with Gasteiger partial charge in [0.25, 0.3) is 0 Å². The summed E-state index contributed by atoms with van der Waals surface area (Å²) in [5, 5.41) is 3.51. The zero-order chi connectivity index (χ0) is 18.3. The lowest BCUT2D eigenvalue weighted by molar-refractivity contribution is -0.119. The first-order valence-corrected chi connectivity index (χ1v) is 8.87. The molecule has 132 valence electrons. The number of rotatable bonds is 4. The van der Waals surface area contributed by atoms with Gasteiger partial charge in [0, 0.05) is 19.7 Å². The van der Waals surface area contributed by atoms with E-state index in [2.05, 4.69) is 15.3 Å². The summed E-state index contributed by atoms with van der Waals surface area (Å²) >= 11 is 1.50. The monoisotopic (exact) mass is 367 g/mol. The van der Waals surface area contributed by atoms with Crippen molar-refractivity contribution in [1.82, 2.24) is 24.8 Å². The van der Waals surface area contributed by atoms with E-state index in [1.54, 1.807) is 20.5 Å². The molecule has 26 heavy (non-hydrogen) atoms. The Balaban J connectivity index is 1.90. The Morgan fingerprint density at radius 2 is 2.00 bits per heavy atom.